The lowest BCUT2D eigenvalue weighted by atomic mass is 10.1. The second-order valence-electron chi connectivity index (χ2n) is 7.27. The minimum Gasteiger partial charge on any atom is -0.480 e. The molecule has 178 valence electrons. The summed E-state index contributed by atoms with van der Waals surface area (Å²) in [6.45, 7) is 0.0202. The number of hydrogen-bond acceptors (Lipinski definition) is 4. The lowest BCUT2D eigenvalue weighted by molar-refractivity contribution is -0.138. The van der Waals surface area contributed by atoms with E-state index in [1.54, 1.807) is 72.8 Å². The van der Waals surface area contributed by atoms with Gasteiger partial charge in [0, 0.05) is 12.2 Å². The number of nitrogens with one attached hydrogen (secondary N) is 3. The first-order valence-electron chi connectivity index (χ1n) is 10.0. The van der Waals surface area contributed by atoms with Gasteiger partial charge in [-0.05, 0) is 41.8 Å². The van der Waals surface area contributed by atoms with Gasteiger partial charge in [-0.1, -0.05) is 71.7 Å². The number of carboxylic acids is 1. The first kappa shape index (κ1) is 25.7. The van der Waals surface area contributed by atoms with Crippen molar-refractivity contribution in [1.82, 2.24) is 9.44 Å². The molecule has 0 aliphatic rings. The number of aliphatic carboxylic acids is 1. The largest absolute Gasteiger partial charge is 0.480 e. The monoisotopic (exact) mass is 521 g/mol. The Morgan fingerprint density at radius 2 is 1.47 bits per heavy atom. The van der Waals surface area contributed by atoms with Crippen LogP contribution in [-0.2, 0) is 28.0 Å². The van der Waals surface area contributed by atoms with Crippen molar-refractivity contribution in [3.8, 4) is 0 Å². The van der Waals surface area contributed by atoms with E-state index in [0.29, 0.717) is 11.3 Å². The van der Waals surface area contributed by atoms with E-state index in [-0.39, 0.29) is 28.6 Å². The molecule has 0 aliphatic heterocycles. The van der Waals surface area contributed by atoms with E-state index in [1.165, 1.54) is 0 Å². The van der Waals surface area contributed by atoms with Gasteiger partial charge in [-0.3, -0.25) is 9.59 Å². The molecule has 0 aromatic heterocycles. The summed E-state index contributed by atoms with van der Waals surface area (Å²) in [5, 5.41) is 12.6. The van der Waals surface area contributed by atoms with Gasteiger partial charge < -0.3 is 10.4 Å². The van der Waals surface area contributed by atoms with Gasteiger partial charge in [-0.2, -0.15) is 17.9 Å². The van der Waals surface area contributed by atoms with Crippen LogP contribution in [0.5, 0.6) is 0 Å². The molecule has 0 saturated heterocycles. The van der Waals surface area contributed by atoms with Crippen molar-refractivity contribution in [2.75, 3.05) is 5.32 Å². The van der Waals surface area contributed by atoms with Crippen LogP contribution in [-0.4, -0.2) is 31.4 Å². The molecular weight excluding hydrogens is 501 g/mol. The highest BCUT2D eigenvalue weighted by Crippen LogP contribution is 2.25. The van der Waals surface area contributed by atoms with E-state index in [2.05, 4.69) is 14.8 Å². The molecule has 3 rings (SSSR count). The second-order valence-corrected chi connectivity index (χ2v) is 9.62. The SMILES string of the molecule is O=C(Nc1ccc(CC(NS(=O)(=O)NCc2ccccc2)C(=O)O)cc1)c1c(Cl)cccc1Cl. The summed E-state index contributed by atoms with van der Waals surface area (Å²) in [6.07, 6.45) is -0.105. The molecule has 4 N–H and O–H groups in total. The number of carbonyl (C=O) groups is 2. The minimum absolute atomic E-state index is 0.0202. The Labute approximate surface area is 207 Å². The smallest absolute Gasteiger partial charge is 0.322 e. The number of anilines is 1. The second kappa shape index (κ2) is 11.5. The third kappa shape index (κ3) is 7.28. The zero-order valence-corrected chi connectivity index (χ0v) is 20.0. The molecule has 1 unspecified atom stereocenters. The molecule has 8 nitrogen and oxygen atoms in total. The maximum absolute atomic E-state index is 12.5. The Balaban J connectivity index is 1.62. The van der Waals surface area contributed by atoms with Crippen LogP contribution in [0.15, 0.2) is 72.8 Å². The highest BCUT2D eigenvalue weighted by Gasteiger charge is 2.24. The van der Waals surface area contributed by atoms with Gasteiger partial charge in [-0.25, -0.2) is 0 Å². The van der Waals surface area contributed by atoms with Crippen LogP contribution >= 0.6 is 23.2 Å². The van der Waals surface area contributed by atoms with Gasteiger partial charge >= 0.3 is 5.97 Å². The normalized spacial score (nSPS) is 12.2. The molecule has 1 atom stereocenters. The van der Waals surface area contributed by atoms with Gasteiger partial charge in [0.1, 0.15) is 6.04 Å². The van der Waals surface area contributed by atoms with Crippen LogP contribution in [0.3, 0.4) is 0 Å². The van der Waals surface area contributed by atoms with Crippen LogP contribution in [0.4, 0.5) is 5.69 Å². The molecule has 0 bridgehead atoms. The molecule has 0 aliphatic carbocycles. The van der Waals surface area contributed by atoms with E-state index < -0.39 is 28.1 Å². The Hall–Kier alpha value is -2.95. The third-order valence-electron chi connectivity index (χ3n) is 4.75. The standard InChI is InChI=1S/C23H21Cl2N3O5S/c24-18-7-4-8-19(25)21(18)22(29)27-17-11-9-15(10-12-17)13-20(23(30)31)28-34(32,33)26-14-16-5-2-1-3-6-16/h1-12,20,26,28H,13-14H2,(H,27,29)(H,30,31). The fraction of sp³-hybridized carbons (Fsp3) is 0.130. The van der Waals surface area contributed by atoms with Crippen LogP contribution in [0.25, 0.3) is 0 Å². The predicted molar refractivity (Wildman–Crippen MR) is 131 cm³/mol. The van der Waals surface area contributed by atoms with Crippen molar-refractivity contribution in [1.29, 1.82) is 0 Å². The zero-order chi connectivity index (χ0) is 24.7. The van der Waals surface area contributed by atoms with Crippen molar-refractivity contribution in [2.24, 2.45) is 0 Å². The molecule has 0 saturated carbocycles. The zero-order valence-electron chi connectivity index (χ0n) is 17.7. The summed E-state index contributed by atoms with van der Waals surface area (Å²) in [5.41, 5.74) is 1.85. The number of hydrogen-bond donors (Lipinski definition) is 4. The number of benzene rings is 3. The number of carbonyl (C=O) groups excluding carboxylic acids is 1. The number of carboxylic acid groups (broad SMARTS) is 1. The van der Waals surface area contributed by atoms with Gasteiger partial charge in [0.2, 0.25) is 0 Å². The highest BCUT2D eigenvalue weighted by atomic mass is 35.5. The topological polar surface area (TPSA) is 125 Å². The van der Waals surface area contributed by atoms with Crippen molar-refractivity contribution in [3.05, 3.63) is 99.5 Å². The quantitative estimate of drug-likeness (QED) is 0.322. The van der Waals surface area contributed by atoms with E-state index in [1.807, 2.05) is 0 Å². The van der Waals surface area contributed by atoms with Gasteiger partial charge in [0.25, 0.3) is 16.1 Å². The number of halogens is 2. The minimum atomic E-state index is -4.07. The Morgan fingerprint density at radius 1 is 0.853 bits per heavy atom. The lowest BCUT2D eigenvalue weighted by Gasteiger charge is -2.16. The van der Waals surface area contributed by atoms with Crippen LogP contribution < -0.4 is 14.8 Å². The Morgan fingerprint density at radius 3 is 2.06 bits per heavy atom. The third-order valence-corrected chi connectivity index (χ3v) is 6.50. The van der Waals surface area contributed by atoms with E-state index in [4.69, 9.17) is 23.2 Å². The molecular formula is C23H21Cl2N3O5S. The number of rotatable bonds is 10. The van der Waals surface area contributed by atoms with Crippen LogP contribution in [0.1, 0.15) is 21.5 Å². The van der Waals surface area contributed by atoms with Crippen LogP contribution in [0, 0.1) is 0 Å². The van der Waals surface area contributed by atoms with Crippen molar-refractivity contribution >= 4 is 51.0 Å². The van der Waals surface area contributed by atoms with Crippen molar-refractivity contribution in [3.63, 3.8) is 0 Å². The molecule has 3 aromatic rings. The summed E-state index contributed by atoms with van der Waals surface area (Å²) < 4.78 is 29.1. The van der Waals surface area contributed by atoms with Gasteiger partial charge in [0.05, 0.1) is 15.6 Å². The van der Waals surface area contributed by atoms with Crippen molar-refractivity contribution < 1.29 is 23.1 Å². The van der Waals surface area contributed by atoms with Gasteiger partial charge in [-0.15, -0.1) is 0 Å². The summed E-state index contributed by atoms with van der Waals surface area (Å²) >= 11 is 12.1. The molecule has 11 heteroatoms. The molecule has 34 heavy (non-hydrogen) atoms. The molecule has 0 heterocycles. The molecule has 3 aromatic carbocycles. The maximum atomic E-state index is 12.5. The summed E-state index contributed by atoms with van der Waals surface area (Å²) in [5.74, 6) is -1.82. The molecule has 1 amide bonds. The Bertz CT molecular complexity index is 1250. The fourth-order valence-corrected chi connectivity index (χ4v) is 4.62. The highest BCUT2D eigenvalue weighted by molar-refractivity contribution is 7.87. The van der Waals surface area contributed by atoms with Gasteiger partial charge in [0.15, 0.2) is 0 Å². The fourth-order valence-electron chi connectivity index (χ4n) is 3.05. The average molecular weight is 522 g/mol. The molecule has 0 spiro atoms. The maximum Gasteiger partial charge on any atom is 0.322 e. The van der Waals surface area contributed by atoms with E-state index in [9.17, 15) is 23.1 Å². The summed E-state index contributed by atoms with van der Waals surface area (Å²) in [6, 6.07) is 18.5. The van der Waals surface area contributed by atoms with Crippen molar-refractivity contribution in [2.45, 2.75) is 19.0 Å². The average Bonchev–Trinajstić information content (AvgIpc) is 2.79. The van der Waals surface area contributed by atoms with E-state index >= 15 is 0 Å². The lowest BCUT2D eigenvalue weighted by Crippen LogP contribution is -2.47. The summed E-state index contributed by atoms with van der Waals surface area (Å²) in [4.78, 5) is 24.1. The molecule has 0 fully saturated rings. The Kier molecular flexibility index (Phi) is 8.65. The first-order chi connectivity index (χ1) is 16.1. The number of amides is 1. The predicted octanol–water partition coefficient (Wildman–Crippen LogP) is 3.87. The van der Waals surface area contributed by atoms with E-state index in [0.717, 1.165) is 5.56 Å². The first-order valence-corrected chi connectivity index (χ1v) is 12.3. The van der Waals surface area contributed by atoms with Crippen LogP contribution in [0.2, 0.25) is 10.0 Å². The molecule has 0 radical (unpaired) electrons. The summed E-state index contributed by atoms with van der Waals surface area (Å²) in [7, 11) is -4.07.